The van der Waals surface area contributed by atoms with E-state index in [0.29, 0.717) is 11.4 Å². The Morgan fingerprint density at radius 1 is 1.39 bits per heavy atom. The van der Waals surface area contributed by atoms with E-state index in [1.807, 2.05) is 13.8 Å². The molecule has 2 aromatic rings. The number of aromatic amines is 1. The molecule has 2 fully saturated rings. The second-order valence-electron chi connectivity index (χ2n) is 8.25. The summed E-state index contributed by atoms with van der Waals surface area (Å²) in [6.07, 6.45) is 1.55. The second kappa shape index (κ2) is 7.84. The van der Waals surface area contributed by atoms with E-state index < -0.39 is 12.1 Å². The van der Waals surface area contributed by atoms with Crippen LogP contribution in [0.5, 0.6) is 5.75 Å². The first-order valence-corrected chi connectivity index (χ1v) is 10.6. The number of H-pyrrole nitrogens is 1. The highest BCUT2D eigenvalue weighted by Gasteiger charge is 2.63. The third kappa shape index (κ3) is 3.82. The molecule has 2 amide bonds. The van der Waals surface area contributed by atoms with E-state index in [9.17, 15) is 14.7 Å². The molecule has 4 atom stereocenters. The molecule has 1 aromatic carbocycles. The molecule has 4 rings (SSSR count). The van der Waals surface area contributed by atoms with Gasteiger partial charge in [-0.25, -0.2) is 5.10 Å². The Hall–Kier alpha value is -3.15. The first kappa shape index (κ1) is 21.1. The van der Waals surface area contributed by atoms with E-state index in [2.05, 4.69) is 30.9 Å². The van der Waals surface area contributed by atoms with Crippen LogP contribution in [0.3, 0.4) is 0 Å². The Morgan fingerprint density at radius 2 is 2.10 bits per heavy atom. The normalized spacial score (nSPS) is 25.2. The molecule has 3 N–H and O–H groups in total. The summed E-state index contributed by atoms with van der Waals surface area (Å²) in [5.74, 6) is 0.0568. The first-order chi connectivity index (χ1) is 14.7. The Morgan fingerprint density at radius 3 is 2.71 bits per heavy atom. The molecule has 3 heterocycles. The van der Waals surface area contributed by atoms with Crippen molar-refractivity contribution in [2.45, 2.75) is 42.1 Å². The zero-order valence-electron chi connectivity index (χ0n) is 17.6. The molecular weight excluding hydrogens is 420 g/mol. The van der Waals surface area contributed by atoms with Gasteiger partial charge in [-0.1, -0.05) is 12.1 Å². The molecule has 0 spiro atoms. The van der Waals surface area contributed by atoms with Crippen LogP contribution in [-0.2, 0) is 9.59 Å². The number of aromatic nitrogens is 4. The topological polar surface area (TPSA) is 140 Å². The van der Waals surface area contributed by atoms with E-state index in [1.54, 1.807) is 54.1 Å². The van der Waals surface area contributed by atoms with Crippen LogP contribution in [0, 0.1) is 0 Å². The monoisotopic (exact) mass is 444 g/mol. The van der Waals surface area contributed by atoms with Gasteiger partial charge in [0.05, 0.1) is 6.34 Å². The number of hydrogen-bond acceptors (Lipinski definition) is 8. The van der Waals surface area contributed by atoms with Gasteiger partial charge in [0.1, 0.15) is 23.2 Å². The minimum absolute atomic E-state index is 0.0989. The summed E-state index contributed by atoms with van der Waals surface area (Å²) in [7, 11) is 3.61. The van der Waals surface area contributed by atoms with Gasteiger partial charge in [0.2, 0.25) is 11.8 Å². The van der Waals surface area contributed by atoms with Crippen molar-refractivity contribution in [3.05, 3.63) is 35.7 Å². The number of aliphatic imine (C=N–C) groups is 1. The third-order valence-corrected chi connectivity index (χ3v) is 6.83. The first-order valence-electron chi connectivity index (χ1n) is 9.71. The zero-order valence-corrected chi connectivity index (χ0v) is 18.4. The molecule has 2 aliphatic rings. The molecule has 0 saturated carbocycles. The van der Waals surface area contributed by atoms with Gasteiger partial charge < -0.3 is 20.2 Å². The van der Waals surface area contributed by atoms with Gasteiger partial charge in [-0.15, -0.1) is 16.9 Å². The molecule has 31 heavy (non-hydrogen) atoms. The predicted molar refractivity (Wildman–Crippen MR) is 114 cm³/mol. The van der Waals surface area contributed by atoms with Crippen LogP contribution in [-0.4, -0.2) is 83.9 Å². The van der Waals surface area contributed by atoms with Crippen molar-refractivity contribution in [3.63, 3.8) is 0 Å². The fraction of sp³-hybridized carbons (Fsp3) is 0.474. The molecule has 0 radical (unpaired) electrons. The summed E-state index contributed by atoms with van der Waals surface area (Å²) >= 11 is 1.60. The van der Waals surface area contributed by atoms with Crippen molar-refractivity contribution < 1.29 is 14.7 Å². The van der Waals surface area contributed by atoms with Gasteiger partial charge in [-0.3, -0.25) is 14.6 Å². The number of hydrogen-bond donors (Lipinski definition) is 3. The van der Waals surface area contributed by atoms with Crippen LogP contribution in [0.25, 0.3) is 0 Å². The molecule has 3 unspecified atom stereocenters. The standard InChI is InChI=1S/C19H24N8O3S/c1-19(2)14(15-22-24-25-23-15)27-17(30)13(18(27)31-19)21-16(29)12(20-9-26(3)4)10-5-7-11(28)8-6-10/h5-9,12-14,18,28H,1-4H3,(H,21,29)(H,22,23,24,25)/b20-9+/t12?,13?,14?,18-/m1/s1. The summed E-state index contributed by atoms with van der Waals surface area (Å²) in [5.41, 5.74) is 0.613. The van der Waals surface area contributed by atoms with Crippen molar-refractivity contribution in [2.24, 2.45) is 4.99 Å². The Balaban J connectivity index is 1.53. The number of carbonyl (C=O) groups excluding carboxylic acids is 2. The molecule has 0 bridgehead atoms. The average Bonchev–Trinajstić information content (AvgIpc) is 3.31. The van der Waals surface area contributed by atoms with Gasteiger partial charge in [0.25, 0.3) is 0 Å². The highest BCUT2D eigenvalue weighted by Crippen LogP contribution is 2.56. The lowest BCUT2D eigenvalue weighted by molar-refractivity contribution is -0.152. The Bertz CT molecular complexity index is 992. The molecule has 11 nitrogen and oxygen atoms in total. The van der Waals surface area contributed by atoms with Crippen LogP contribution < -0.4 is 5.32 Å². The maximum Gasteiger partial charge on any atom is 0.250 e. The minimum Gasteiger partial charge on any atom is -0.508 e. The third-order valence-electron chi connectivity index (χ3n) is 5.26. The number of aromatic hydroxyl groups is 1. The van der Waals surface area contributed by atoms with Gasteiger partial charge in [0, 0.05) is 18.8 Å². The summed E-state index contributed by atoms with van der Waals surface area (Å²) in [6.45, 7) is 4.05. The minimum atomic E-state index is -0.849. The number of fused-ring (bicyclic) bond motifs is 1. The van der Waals surface area contributed by atoms with Crippen molar-refractivity contribution in [2.75, 3.05) is 14.1 Å². The lowest BCUT2D eigenvalue weighted by Crippen LogP contribution is -2.68. The predicted octanol–water partition coefficient (Wildman–Crippen LogP) is 0.456. The summed E-state index contributed by atoms with van der Waals surface area (Å²) in [5, 5.41) is 26.2. The molecular formula is C19H24N8O3S. The largest absolute Gasteiger partial charge is 0.508 e. The number of benzene rings is 1. The van der Waals surface area contributed by atoms with Crippen molar-refractivity contribution >= 4 is 29.9 Å². The van der Waals surface area contributed by atoms with E-state index in [-0.39, 0.29) is 33.7 Å². The summed E-state index contributed by atoms with van der Waals surface area (Å²) in [4.78, 5) is 33.9. The van der Waals surface area contributed by atoms with Crippen molar-refractivity contribution in [1.29, 1.82) is 0 Å². The van der Waals surface area contributed by atoms with Crippen molar-refractivity contribution in [3.8, 4) is 5.75 Å². The SMILES string of the molecule is CN(C)/C=N/C(C(=O)NC1C(=O)N2C(c3nnn[nH]3)C(C)(C)S[C@H]12)c1ccc(O)cc1. The lowest BCUT2D eigenvalue weighted by atomic mass is 9.95. The number of amides is 2. The summed E-state index contributed by atoms with van der Waals surface area (Å²) in [6, 6.07) is 4.47. The van der Waals surface area contributed by atoms with Gasteiger partial charge in [-0.05, 0) is 42.0 Å². The van der Waals surface area contributed by atoms with Gasteiger partial charge >= 0.3 is 0 Å². The van der Waals surface area contributed by atoms with Crippen LogP contribution in [0.15, 0.2) is 29.3 Å². The maximum absolute atomic E-state index is 13.1. The molecule has 1 aromatic heterocycles. The maximum atomic E-state index is 13.1. The number of phenols is 1. The molecule has 0 aliphatic carbocycles. The lowest BCUT2D eigenvalue weighted by Gasteiger charge is -2.44. The number of nitrogens with zero attached hydrogens (tertiary/aromatic N) is 6. The smallest absolute Gasteiger partial charge is 0.250 e. The molecule has 2 aliphatic heterocycles. The fourth-order valence-electron chi connectivity index (χ4n) is 3.87. The number of phenolic OH excluding ortho intramolecular Hbond substituents is 1. The number of carbonyl (C=O) groups is 2. The van der Waals surface area contributed by atoms with E-state index >= 15 is 0 Å². The summed E-state index contributed by atoms with van der Waals surface area (Å²) < 4.78 is -0.333. The van der Waals surface area contributed by atoms with Crippen LogP contribution in [0.1, 0.15) is 37.3 Å². The van der Waals surface area contributed by atoms with Gasteiger partial charge in [-0.2, -0.15) is 0 Å². The Labute approximate surface area is 183 Å². The average molecular weight is 445 g/mol. The number of tetrazole rings is 1. The highest BCUT2D eigenvalue weighted by atomic mass is 32.2. The van der Waals surface area contributed by atoms with Crippen LogP contribution >= 0.6 is 11.8 Å². The van der Waals surface area contributed by atoms with E-state index in [0.717, 1.165) is 0 Å². The number of nitrogens with one attached hydrogen (secondary N) is 2. The zero-order chi connectivity index (χ0) is 22.3. The van der Waals surface area contributed by atoms with Crippen LogP contribution in [0.4, 0.5) is 0 Å². The fourth-order valence-corrected chi connectivity index (χ4v) is 5.50. The van der Waals surface area contributed by atoms with Gasteiger partial charge in [0.15, 0.2) is 11.9 Å². The highest BCUT2D eigenvalue weighted by molar-refractivity contribution is 8.01. The number of thioether (sulfide) groups is 1. The Kier molecular flexibility index (Phi) is 5.33. The molecule has 2 saturated heterocycles. The quantitative estimate of drug-likeness (QED) is 0.332. The van der Waals surface area contributed by atoms with E-state index in [1.165, 1.54) is 12.1 Å². The molecule has 164 valence electrons. The van der Waals surface area contributed by atoms with Crippen LogP contribution in [0.2, 0.25) is 0 Å². The number of β-lactam (4-membered cyclic amide) rings is 1. The second-order valence-corrected chi connectivity index (χ2v) is 10.0. The number of rotatable bonds is 6. The van der Waals surface area contributed by atoms with Crippen molar-refractivity contribution in [1.82, 2.24) is 35.7 Å². The van der Waals surface area contributed by atoms with E-state index in [4.69, 9.17) is 0 Å². The molecule has 12 heteroatoms.